The van der Waals surface area contributed by atoms with Gasteiger partial charge < -0.3 is 11.1 Å². The summed E-state index contributed by atoms with van der Waals surface area (Å²) in [5.74, 6) is -0.313. The number of nitrogens with two attached hydrogens (primary N) is 1. The van der Waals surface area contributed by atoms with Crippen LogP contribution in [-0.2, 0) is 9.59 Å². The van der Waals surface area contributed by atoms with Crippen LogP contribution in [0.5, 0.6) is 0 Å². The normalized spacial score (nSPS) is 12.0. The molecule has 0 saturated heterocycles. The fourth-order valence-corrected chi connectivity index (χ4v) is 4.78. The second kappa shape index (κ2) is 8.50. The fourth-order valence-electron chi connectivity index (χ4n) is 1.88. The maximum atomic E-state index is 12.4. The molecule has 24 heavy (non-hydrogen) atoms. The van der Waals surface area contributed by atoms with Crippen molar-refractivity contribution in [1.82, 2.24) is 10.2 Å². The molecule has 0 unspecified atom stereocenters. The van der Waals surface area contributed by atoms with Gasteiger partial charge in [0.1, 0.15) is 0 Å². The van der Waals surface area contributed by atoms with E-state index in [0.29, 0.717) is 8.68 Å². The third-order valence-corrected chi connectivity index (χ3v) is 6.37. The molecule has 0 aliphatic heterocycles. The van der Waals surface area contributed by atoms with Gasteiger partial charge in [0.2, 0.25) is 11.8 Å². The van der Waals surface area contributed by atoms with Crippen LogP contribution < -0.4 is 11.1 Å². The van der Waals surface area contributed by atoms with E-state index in [9.17, 15) is 9.59 Å². The Hall–Kier alpha value is -1.58. The number of thioether (sulfide) groups is 2. The summed E-state index contributed by atoms with van der Waals surface area (Å²) in [5.41, 5.74) is 8.01. The minimum Gasteiger partial charge on any atom is -0.369 e. The second-order valence-electron chi connectivity index (χ2n) is 5.11. The molecule has 0 fully saturated rings. The highest BCUT2D eigenvalue weighted by Gasteiger charge is 2.18. The van der Waals surface area contributed by atoms with Gasteiger partial charge in [-0.3, -0.25) is 9.59 Å². The summed E-state index contributed by atoms with van der Waals surface area (Å²) in [4.78, 5) is 23.2. The molecular formula is C15H18N4O2S3. The molecule has 1 aromatic carbocycles. The smallest absolute Gasteiger partial charge is 0.237 e. The van der Waals surface area contributed by atoms with E-state index in [1.54, 1.807) is 0 Å². The summed E-state index contributed by atoms with van der Waals surface area (Å²) in [6.45, 7) is 5.76. The van der Waals surface area contributed by atoms with E-state index < -0.39 is 5.91 Å². The number of carbonyl (C=O) groups excluding carboxylic acids is 2. The van der Waals surface area contributed by atoms with E-state index in [1.807, 2.05) is 39.0 Å². The first-order valence-corrected chi connectivity index (χ1v) is 9.83. The van der Waals surface area contributed by atoms with Gasteiger partial charge in [0.25, 0.3) is 0 Å². The number of amides is 2. The lowest BCUT2D eigenvalue weighted by Crippen LogP contribution is -2.23. The third kappa shape index (κ3) is 5.22. The predicted octanol–water partition coefficient (Wildman–Crippen LogP) is 2.85. The minimum absolute atomic E-state index is 0.0843. The van der Waals surface area contributed by atoms with Crippen LogP contribution in [-0.4, -0.2) is 33.0 Å². The monoisotopic (exact) mass is 382 g/mol. The first-order chi connectivity index (χ1) is 11.4. The predicted molar refractivity (Wildman–Crippen MR) is 99.7 cm³/mol. The molecule has 2 amide bonds. The number of para-hydroxylation sites is 1. The zero-order chi connectivity index (χ0) is 17.7. The van der Waals surface area contributed by atoms with Gasteiger partial charge in [0.05, 0.1) is 11.0 Å². The SMILES string of the molecule is Cc1cccc(C)c1NC(=O)[C@H](C)Sc1nnc(SCC(N)=O)s1. The largest absolute Gasteiger partial charge is 0.369 e. The van der Waals surface area contributed by atoms with Crippen LogP contribution in [0, 0.1) is 13.8 Å². The maximum absolute atomic E-state index is 12.4. The van der Waals surface area contributed by atoms with Gasteiger partial charge in [0.15, 0.2) is 8.68 Å². The van der Waals surface area contributed by atoms with Crippen LogP contribution in [0.15, 0.2) is 26.9 Å². The molecule has 0 bridgehead atoms. The number of benzene rings is 1. The van der Waals surface area contributed by atoms with Gasteiger partial charge in [-0.25, -0.2) is 0 Å². The highest BCUT2D eigenvalue weighted by Crippen LogP contribution is 2.31. The Morgan fingerprint density at radius 2 is 1.88 bits per heavy atom. The molecule has 0 radical (unpaired) electrons. The van der Waals surface area contributed by atoms with Crippen LogP contribution >= 0.6 is 34.9 Å². The molecule has 128 valence electrons. The van der Waals surface area contributed by atoms with Gasteiger partial charge in [-0.1, -0.05) is 53.1 Å². The van der Waals surface area contributed by atoms with E-state index in [4.69, 9.17) is 5.73 Å². The molecule has 3 N–H and O–H groups in total. The Balaban J connectivity index is 1.95. The number of carbonyl (C=O) groups is 2. The van der Waals surface area contributed by atoms with Gasteiger partial charge in [-0.2, -0.15) is 0 Å². The highest BCUT2D eigenvalue weighted by molar-refractivity contribution is 8.04. The molecule has 6 nitrogen and oxygen atoms in total. The number of hydrogen-bond donors (Lipinski definition) is 2. The number of primary amides is 1. The first-order valence-electron chi connectivity index (χ1n) is 7.15. The minimum atomic E-state index is -0.397. The van der Waals surface area contributed by atoms with Crippen molar-refractivity contribution in [3.8, 4) is 0 Å². The average molecular weight is 383 g/mol. The molecule has 2 rings (SSSR count). The average Bonchev–Trinajstić information content (AvgIpc) is 2.96. The molecule has 9 heteroatoms. The van der Waals surface area contributed by atoms with E-state index in [1.165, 1.54) is 34.9 Å². The van der Waals surface area contributed by atoms with Crippen molar-refractivity contribution in [3.05, 3.63) is 29.3 Å². The first kappa shape index (κ1) is 18.8. The number of aromatic nitrogens is 2. The molecule has 0 aliphatic carbocycles. The molecular weight excluding hydrogens is 364 g/mol. The number of hydrogen-bond acceptors (Lipinski definition) is 7. The van der Waals surface area contributed by atoms with Crippen LogP contribution in [0.2, 0.25) is 0 Å². The summed E-state index contributed by atoms with van der Waals surface area (Å²) >= 11 is 3.94. The Morgan fingerprint density at radius 1 is 1.25 bits per heavy atom. The van der Waals surface area contributed by atoms with Crippen LogP contribution in [0.3, 0.4) is 0 Å². The number of nitrogens with zero attached hydrogens (tertiary/aromatic N) is 2. The van der Waals surface area contributed by atoms with Crippen LogP contribution in [0.1, 0.15) is 18.1 Å². The van der Waals surface area contributed by atoms with Crippen molar-refractivity contribution in [1.29, 1.82) is 0 Å². The van der Waals surface area contributed by atoms with Gasteiger partial charge in [-0.15, -0.1) is 10.2 Å². The Morgan fingerprint density at radius 3 is 2.50 bits per heavy atom. The molecule has 0 spiro atoms. The molecule has 1 atom stereocenters. The van der Waals surface area contributed by atoms with Crippen LogP contribution in [0.4, 0.5) is 5.69 Å². The maximum Gasteiger partial charge on any atom is 0.237 e. The Labute approximate surface area is 153 Å². The number of rotatable bonds is 7. The Kier molecular flexibility index (Phi) is 6.64. The summed E-state index contributed by atoms with van der Waals surface area (Å²) in [5, 5.41) is 10.7. The topological polar surface area (TPSA) is 98.0 Å². The summed E-state index contributed by atoms with van der Waals surface area (Å²) in [7, 11) is 0. The van der Waals surface area contributed by atoms with E-state index in [0.717, 1.165) is 16.8 Å². The van der Waals surface area contributed by atoms with E-state index in [2.05, 4.69) is 15.5 Å². The van der Waals surface area contributed by atoms with E-state index >= 15 is 0 Å². The molecule has 0 saturated carbocycles. The number of nitrogens with one attached hydrogen (secondary N) is 1. The van der Waals surface area contributed by atoms with Crippen molar-refractivity contribution in [2.75, 3.05) is 11.1 Å². The standard InChI is InChI=1S/C15H18N4O2S3/c1-8-5-4-6-9(2)12(8)17-13(21)10(3)23-15-19-18-14(24-15)22-7-11(16)20/h4-6,10H,7H2,1-3H3,(H2,16,20)(H,17,21)/t10-/m0/s1. The number of anilines is 1. The highest BCUT2D eigenvalue weighted by atomic mass is 32.2. The fraction of sp³-hybridized carbons (Fsp3) is 0.333. The summed E-state index contributed by atoms with van der Waals surface area (Å²) in [6.07, 6.45) is 0. The molecule has 0 aliphatic rings. The third-order valence-electron chi connectivity index (χ3n) is 3.10. The molecule has 2 aromatic rings. The Bertz CT molecular complexity index is 728. The second-order valence-corrected chi connectivity index (χ2v) is 8.89. The quantitative estimate of drug-likeness (QED) is 0.715. The molecule has 1 heterocycles. The lowest BCUT2D eigenvalue weighted by molar-refractivity contribution is -0.116. The summed E-state index contributed by atoms with van der Waals surface area (Å²) < 4.78 is 1.35. The zero-order valence-corrected chi connectivity index (χ0v) is 16.0. The lowest BCUT2D eigenvalue weighted by atomic mass is 10.1. The van der Waals surface area contributed by atoms with Crippen molar-refractivity contribution in [2.24, 2.45) is 5.73 Å². The van der Waals surface area contributed by atoms with Gasteiger partial charge >= 0.3 is 0 Å². The van der Waals surface area contributed by atoms with Gasteiger partial charge in [-0.05, 0) is 31.9 Å². The van der Waals surface area contributed by atoms with Crippen molar-refractivity contribution in [3.63, 3.8) is 0 Å². The van der Waals surface area contributed by atoms with E-state index in [-0.39, 0.29) is 16.9 Å². The zero-order valence-electron chi connectivity index (χ0n) is 13.5. The molecule has 1 aromatic heterocycles. The number of aryl methyl sites for hydroxylation is 2. The van der Waals surface area contributed by atoms with Crippen molar-refractivity contribution < 1.29 is 9.59 Å². The lowest BCUT2D eigenvalue weighted by Gasteiger charge is -2.14. The van der Waals surface area contributed by atoms with Crippen molar-refractivity contribution in [2.45, 2.75) is 34.7 Å². The van der Waals surface area contributed by atoms with Crippen molar-refractivity contribution >= 4 is 52.4 Å². The summed E-state index contributed by atoms with van der Waals surface area (Å²) in [6, 6.07) is 5.89. The van der Waals surface area contributed by atoms with Gasteiger partial charge in [0, 0.05) is 5.69 Å². The van der Waals surface area contributed by atoms with Crippen LogP contribution in [0.25, 0.3) is 0 Å².